The number of benzene rings is 1. The van der Waals surface area contributed by atoms with Gasteiger partial charge in [0.05, 0.1) is 15.4 Å². The number of hydrogen-bond donors (Lipinski definition) is 1. The van der Waals surface area contributed by atoms with Crippen LogP contribution in [0, 0.1) is 18.8 Å². The Hall–Kier alpha value is -1.06. The maximum Gasteiger partial charge on any atom is 0.122 e. The highest BCUT2D eigenvalue weighted by atomic mass is 16.5. The Morgan fingerprint density at radius 3 is 2.92 bits per heavy atom. The summed E-state index contributed by atoms with van der Waals surface area (Å²) in [6.45, 7) is 6.06. The van der Waals surface area contributed by atoms with E-state index in [1.165, 1.54) is 0 Å². The van der Waals surface area contributed by atoms with Gasteiger partial charge in [0.2, 0.25) is 0 Å². The van der Waals surface area contributed by atoms with Gasteiger partial charge in [-0.1, -0.05) is 33.2 Å². The average molecular weight is 352 g/mol. The molecule has 1 aromatic rings. The van der Waals surface area contributed by atoms with Crippen LogP contribution in [0.15, 0.2) is 12.1 Å². The molecule has 1 aromatic carbocycles. The first-order chi connectivity index (χ1) is 14.1. The number of rotatable bonds is 6. The standard InChI is InChI=1S/C22H35NO2/c1-5-6-9-25-22-12-17-7-8-23-14-18(10-15(2)3)21(24)13-20(23)19(17)11-16(22)4/h11-12,15,18,20-21,24H,5-10,13-14H2,1-4H3/t18-,20-,21-/m1/s1/i5D2,6D2,9D2. The third-order valence-electron chi connectivity index (χ3n) is 5.49. The molecule has 0 saturated carbocycles. The van der Waals surface area contributed by atoms with Crippen LogP contribution in [-0.4, -0.2) is 35.8 Å². The van der Waals surface area contributed by atoms with Crippen LogP contribution in [0.5, 0.6) is 5.75 Å². The lowest BCUT2D eigenvalue weighted by Crippen LogP contribution is -2.48. The van der Waals surface area contributed by atoms with Crippen molar-refractivity contribution in [2.45, 2.75) is 71.8 Å². The van der Waals surface area contributed by atoms with Crippen LogP contribution in [0.3, 0.4) is 0 Å². The van der Waals surface area contributed by atoms with E-state index in [9.17, 15) is 5.11 Å². The molecule has 1 N–H and O–H groups in total. The van der Waals surface area contributed by atoms with Crippen molar-refractivity contribution in [2.24, 2.45) is 11.8 Å². The lowest BCUT2D eigenvalue weighted by molar-refractivity contribution is -0.0191. The summed E-state index contributed by atoms with van der Waals surface area (Å²) in [5.74, 6) is 1.06. The van der Waals surface area contributed by atoms with Crippen molar-refractivity contribution in [3.05, 3.63) is 28.8 Å². The van der Waals surface area contributed by atoms with Crippen molar-refractivity contribution < 1.29 is 18.1 Å². The fourth-order valence-electron chi connectivity index (χ4n) is 4.31. The zero-order valence-electron chi connectivity index (χ0n) is 21.8. The molecular weight excluding hydrogens is 310 g/mol. The normalized spacial score (nSPS) is 31.7. The number of piperidine rings is 1. The minimum absolute atomic E-state index is 0.114. The Labute approximate surface area is 161 Å². The van der Waals surface area contributed by atoms with Gasteiger partial charge in [0.25, 0.3) is 0 Å². The highest BCUT2D eigenvalue weighted by molar-refractivity contribution is 5.45. The molecule has 3 rings (SSSR count). The molecule has 0 spiro atoms. The van der Waals surface area contributed by atoms with E-state index in [-0.39, 0.29) is 23.8 Å². The Morgan fingerprint density at radius 2 is 2.20 bits per heavy atom. The van der Waals surface area contributed by atoms with Gasteiger partial charge in [-0.2, -0.15) is 0 Å². The van der Waals surface area contributed by atoms with Crippen molar-refractivity contribution in [2.75, 3.05) is 19.6 Å². The molecule has 0 amide bonds. The fraction of sp³-hybridized carbons (Fsp3) is 0.727. The molecule has 2 aliphatic heterocycles. The number of ether oxygens (including phenoxy) is 1. The predicted molar refractivity (Wildman–Crippen MR) is 103 cm³/mol. The van der Waals surface area contributed by atoms with E-state index in [0.717, 1.165) is 44.0 Å². The first kappa shape index (κ1) is 12.3. The summed E-state index contributed by atoms with van der Waals surface area (Å²) in [6.07, 6.45) is -3.15. The van der Waals surface area contributed by atoms with E-state index >= 15 is 0 Å². The van der Waals surface area contributed by atoms with Gasteiger partial charge in [0.1, 0.15) is 5.75 Å². The largest absolute Gasteiger partial charge is 0.493 e. The monoisotopic (exact) mass is 351 g/mol. The SMILES string of the molecule is [2H]C([2H])(C)C([2H])([2H])C([2H])([2H])Oc1cc2c(cc1C)[C@H]1C[C@@H](O)[C@H](CC(C)C)CN1CC2. The Morgan fingerprint density at radius 1 is 1.40 bits per heavy atom. The summed E-state index contributed by atoms with van der Waals surface area (Å²) in [5.41, 5.74) is 2.82. The molecular formula is C22H35NO2. The zero-order valence-corrected chi connectivity index (χ0v) is 15.8. The quantitative estimate of drug-likeness (QED) is 0.819. The maximum absolute atomic E-state index is 10.7. The number of aliphatic hydroxyl groups is 1. The molecule has 25 heavy (non-hydrogen) atoms. The van der Waals surface area contributed by atoms with Crippen LogP contribution < -0.4 is 4.74 Å². The van der Waals surface area contributed by atoms with Crippen molar-refractivity contribution in [1.29, 1.82) is 0 Å². The van der Waals surface area contributed by atoms with Gasteiger partial charge in [0, 0.05) is 24.6 Å². The van der Waals surface area contributed by atoms with E-state index in [1.54, 1.807) is 13.0 Å². The molecule has 0 unspecified atom stereocenters. The van der Waals surface area contributed by atoms with Crippen LogP contribution in [0.2, 0.25) is 0 Å². The number of nitrogens with zero attached hydrogens (tertiary/aromatic N) is 1. The van der Waals surface area contributed by atoms with Gasteiger partial charge in [-0.25, -0.2) is 0 Å². The number of fused-ring (bicyclic) bond motifs is 3. The van der Waals surface area contributed by atoms with Crippen LogP contribution in [0.4, 0.5) is 0 Å². The van der Waals surface area contributed by atoms with Crippen molar-refractivity contribution in [1.82, 2.24) is 4.90 Å². The fourth-order valence-corrected chi connectivity index (χ4v) is 4.31. The van der Waals surface area contributed by atoms with Gasteiger partial charge in [-0.3, -0.25) is 4.90 Å². The Kier molecular flexibility index (Phi) is 4.00. The van der Waals surface area contributed by atoms with Crippen molar-refractivity contribution >= 4 is 0 Å². The van der Waals surface area contributed by atoms with E-state index in [1.807, 2.05) is 6.07 Å². The molecule has 1 saturated heterocycles. The molecule has 140 valence electrons. The molecule has 1 fully saturated rings. The molecule has 0 aromatic heterocycles. The average Bonchev–Trinajstić information content (AvgIpc) is 2.62. The molecule has 3 nitrogen and oxygen atoms in total. The van der Waals surface area contributed by atoms with Gasteiger partial charge in [0.15, 0.2) is 0 Å². The van der Waals surface area contributed by atoms with Gasteiger partial charge in [-0.15, -0.1) is 0 Å². The van der Waals surface area contributed by atoms with Crippen molar-refractivity contribution in [3.63, 3.8) is 0 Å². The summed E-state index contributed by atoms with van der Waals surface area (Å²) in [5, 5.41) is 10.7. The lowest BCUT2D eigenvalue weighted by Gasteiger charge is -2.46. The second-order valence-corrected chi connectivity index (χ2v) is 7.85. The summed E-state index contributed by atoms with van der Waals surface area (Å²) < 4.78 is 52.9. The van der Waals surface area contributed by atoms with Crippen molar-refractivity contribution in [3.8, 4) is 5.75 Å². The number of aryl methyl sites for hydroxylation is 1. The first-order valence-electron chi connectivity index (χ1n) is 12.4. The van der Waals surface area contributed by atoms with Gasteiger partial charge in [-0.05, 0) is 67.2 Å². The molecule has 2 heterocycles. The first-order valence-corrected chi connectivity index (χ1v) is 9.38. The third-order valence-corrected chi connectivity index (χ3v) is 5.49. The van der Waals surface area contributed by atoms with E-state index in [0.29, 0.717) is 17.9 Å². The minimum Gasteiger partial charge on any atom is -0.493 e. The molecule has 0 bridgehead atoms. The zero-order chi connectivity index (χ0) is 23.4. The Bertz CT molecular complexity index is 808. The second kappa shape index (κ2) is 8.09. The minimum atomic E-state index is -2.84. The van der Waals surface area contributed by atoms with Gasteiger partial charge >= 0.3 is 0 Å². The van der Waals surface area contributed by atoms with Crippen LogP contribution in [0.25, 0.3) is 0 Å². The van der Waals surface area contributed by atoms with Crippen LogP contribution in [-0.2, 0) is 6.42 Å². The van der Waals surface area contributed by atoms with Crippen LogP contribution >= 0.6 is 0 Å². The van der Waals surface area contributed by atoms with E-state index < -0.39 is 19.3 Å². The summed E-state index contributed by atoms with van der Waals surface area (Å²) in [7, 11) is 0. The topological polar surface area (TPSA) is 32.7 Å². The lowest BCUT2D eigenvalue weighted by atomic mass is 9.79. The third kappa shape index (κ3) is 4.20. The molecule has 0 aliphatic carbocycles. The number of hydrogen-bond acceptors (Lipinski definition) is 3. The molecule has 3 heteroatoms. The summed E-state index contributed by atoms with van der Waals surface area (Å²) in [6, 6.07) is 3.85. The Balaban J connectivity index is 1.85. The smallest absolute Gasteiger partial charge is 0.122 e. The molecule has 3 atom stereocenters. The molecule has 0 radical (unpaired) electrons. The van der Waals surface area contributed by atoms with Crippen LogP contribution in [0.1, 0.15) is 77.3 Å². The van der Waals surface area contributed by atoms with E-state index in [2.05, 4.69) is 18.7 Å². The highest BCUT2D eigenvalue weighted by Gasteiger charge is 2.38. The summed E-state index contributed by atoms with van der Waals surface area (Å²) >= 11 is 0. The van der Waals surface area contributed by atoms with Gasteiger partial charge < -0.3 is 9.84 Å². The second-order valence-electron chi connectivity index (χ2n) is 7.85. The summed E-state index contributed by atoms with van der Waals surface area (Å²) in [4.78, 5) is 2.44. The maximum atomic E-state index is 10.7. The molecule has 2 aliphatic rings. The van der Waals surface area contributed by atoms with E-state index in [4.69, 9.17) is 13.0 Å². The highest BCUT2D eigenvalue weighted by Crippen LogP contribution is 2.41. The number of aliphatic hydroxyl groups excluding tert-OH is 1. The predicted octanol–water partition coefficient (Wildman–Crippen LogP) is 4.50.